The number of hydrogen-bond acceptors (Lipinski definition) is 5. The minimum atomic E-state index is -1.23. The van der Waals surface area contributed by atoms with Crippen LogP contribution in [-0.4, -0.2) is 22.7 Å². The predicted octanol–water partition coefficient (Wildman–Crippen LogP) is 3.74. The molecule has 0 atom stereocenters. The predicted molar refractivity (Wildman–Crippen MR) is 103 cm³/mol. The van der Waals surface area contributed by atoms with E-state index in [0.717, 1.165) is 22.0 Å². The van der Waals surface area contributed by atoms with Gasteiger partial charge in [-0.3, -0.25) is 9.59 Å². The molecule has 0 bridgehead atoms. The molecule has 0 amide bonds. The Balaban J connectivity index is 1.60. The van der Waals surface area contributed by atoms with E-state index in [1.165, 1.54) is 0 Å². The van der Waals surface area contributed by atoms with Crippen molar-refractivity contribution in [3.63, 3.8) is 0 Å². The largest absolute Gasteiger partial charge is 0.488 e. The van der Waals surface area contributed by atoms with Crippen molar-refractivity contribution >= 4 is 22.8 Å². The Morgan fingerprint density at radius 1 is 1.00 bits per heavy atom. The van der Waals surface area contributed by atoms with E-state index in [-0.39, 0.29) is 6.42 Å². The van der Waals surface area contributed by atoms with Crippen molar-refractivity contribution < 1.29 is 23.8 Å². The molecule has 2 aromatic carbocycles. The second kappa shape index (κ2) is 7.03. The molecule has 6 nitrogen and oxygen atoms in total. The van der Waals surface area contributed by atoms with Crippen LogP contribution in [0.25, 0.3) is 10.9 Å². The number of nitrogens with one attached hydrogen (secondary N) is 1. The summed E-state index contributed by atoms with van der Waals surface area (Å²) in [6.45, 7) is 3.51. The molecule has 2 heterocycles. The zero-order chi connectivity index (χ0) is 19.7. The summed E-state index contributed by atoms with van der Waals surface area (Å²) in [5, 5.41) is 0.851. The average Bonchev–Trinajstić information content (AvgIpc) is 3.07. The Bertz CT molecular complexity index is 1000. The monoisotopic (exact) mass is 379 g/mol. The minimum absolute atomic E-state index is 0.180. The van der Waals surface area contributed by atoms with Crippen molar-refractivity contribution in [3.05, 3.63) is 65.9 Å². The zero-order valence-electron chi connectivity index (χ0n) is 15.7. The molecule has 28 heavy (non-hydrogen) atoms. The van der Waals surface area contributed by atoms with Gasteiger partial charge in [-0.05, 0) is 29.7 Å². The summed E-state index contributed by atoms with van der Waals surface area (Å²) >= 11 is 0. The Morgan fingerprint density at radius 3 is 2.43 bits per heavy atom. The van der Waals surface area contributed by atoms with Crippen molar-refractivity contribution in [2.45, 2.75) is 32.7 Å². The highest BCUT2D eigenvalue weighted by Crippen LogP contribution is 2.33. The lowest BCUT2D eigenvalue weighted by atomic mass is 9.97. The quantitative estimate of drug-likeness (QED) is 0.540. The molecule has 0 unspecified atom stereocenters. The molecule has 144 valence electrons. The van der Waals surface area contributed by atoms with Gasteiger partial charge in [0, 0.05) is 30.9 Å². The molecular formula is C22H21NO5. The van der Waals surface area contributed by atoms with Crippen LogP contribution in [0.1, 0.15) is 25.0 Å². The van der Waals surface area contributed by atoms with Crippen molar-refractivity contribution in [3.8, 4) is 5.75 Å². The van der Waals surface area contributed by atoms with E-state index in [1.54, 1.807) is 20.0 Å². The fourth-order valence-electron chi connectivity index (χ4n) is 3.37. The lowest BCUT2D eigenvalue weighted by Crippen LogP contribution is -2.46. The first kappa shape index (κ1) is 18.1. The minimum Gasteiger partial charge on any atom is -0.488 e. The number of ether oxygens (including phenoxy) is 3. The first-order chi connectivity index (χ1) is 13.4. The van der Waals surface area contributed by atoms with Gasteiger partial charge < -0.3 is 19.2 Å². The van der Waals surface area contributed by atoms with Gasteiger partial charge >= 0.3 is 11.9 Å². The first-order valence-corrected chi connectivity index (χ1v) is 9.14. The Kier molecular flexibility index (Phi) is 4.55. The van der Waals surface area contributed by atoms with Crippen LogP contribution in [0.2, 0.25) is 0 Å². The summed E-state index contributed by atoms with van der Waals surface area (Å²) in [7, 11) is 0. The van der Waals surface area contributed by atoms with Crippen LogP contribution in [0.5, 0.6) is 5.75 Å². The highest BCUT2D eigenvalue weighted by molar-refractivity contribution is 5.98. The van der Waals surface area contributed by atoms with Crippen LogP contribution in [0.3, 0.4) is 0 Å². The molecule has 0 spiro atoms. The number of esters is 2. The maximum Gasteiger partial charge on any atom is 0.323 e. The van der Waals surface area contributed by atoms with E-state index in [9.17, 15) is 9.59 Å². The van der Waals surface area contributed by atoms with E-state index in [2.05, 4.69) is 4.98 Å². The number of aromatic nitrogens is 1. The van der Waals surface area contributed by atoms with Gasteiger partial charge in [-0.25, -0.2) is 0 Å². The number of rotatable bonds is 5. The third-order valence-corrected chi connectivity index (χ3v) is 4.67. The molecule has 0 saturated carbocycles. The van der Waals surface area contributed by atoms with E-state index in [1.807, 2.05) is 48.5 Å². The number of carbonyl (C=O) groups is 2. The van der Waals surface area contributed by atoms with Crippen molar-refractivity contribution in [2.75, 3.05) is 0 Å². The number of carbonyl (C=O) groups excluding carboxylic acids is 2. The Labute approximate surface area is 162 Å². The summed E-state index contributed by atoms with van der Waals surface area (Å²) in [4.78, 5) is 27.8. The second-order valence-electron chi connectivity index (χ2n) is 7.27. The highest BCUT2D eigenvalue weighted by Gasteiger charge is 2.43. The molecule has 0 radical (unpaired) electrons. The highest BCUT2D eigenvalue weighted by atomic mass is 16.7. The molecule has 1 aromatic heterocycles. The van der Waals surface area contributed by atoms with Crippen molar-refractivity contribution in [2.24, 2.45) is 5.92 Å². The molecule has 6 heteroatoms. The van der Waals surface area contributed by atoms with E-state index >= 15 is 0 Å². The normalized spacial score (nSPS) is 16.6. The number of fused-ring (bicyclic) bond motifs is 1. The Hall–Kier alpha value is -3.28. The Morgan fingerprint density at radius 2 is 1.71 bits per heavy atom. The first-order valence-electron chi connectivity index (χ1n) is 9.14. The summed E-state index contributed by atoms with van der Waals surface area (Å²) in [6, 6.07) is 15.6. The van der Waals surface area contributed by atoms with Gasteiger partial charge in [-0.1, -0.05) is 36.4 Å². The van der Waals surface area contributed by atoms with E-state index < -0.39 is 23.6 Å². The molecule has 1 aliphatic rings. The van der Waals surface area contributed by atoms with Crippen molar-refractivity contribution in [1.29, 1.82) is 0 Å². The van der Waals surface area contributed by atoms with Crippen LogP contribution < -0.4 is 4.74 Å². The van der Waals surface area contributed by atoms with Crippen LogP contribution in [0.4, 0.5) is 0 Å². The average molecular weight is 379 g/mol. The summed E-state index contributed by atoms with van der Waals surface area (Å²) in [5.41, 5.74) is 2.73. The van der Waals surface area contributed by atoms with Gasteiger partial charge in [0.05, 0.1) is 0 Å². The fraction of sp³-hybridized carbons (Fsp3) is 0.273. The topological polar surface area (TPSA) is 77.6 Å². The van der Waals surface area contributed by atoms with Crippen molar-refractivity contribution in [1.82, 2.24) is 4.98 Å². The number of H-pyrrole nitrogens is 1. The van der Waals surface area contributed by atoms with Gasteiger partial charge in [0.25, 0.3) is 5.79 Å². The SMILES string of the molecule is CC1(C)OC(=O)C(Cc2c[nH]c3cccc(OCc4ccccc4)c23)C(=O)O1. The zero-order valence-corrected chi connectivity index (χ0v) is 15.7. The molecular weight excluding hydrogens is 358 g/mol. The number of aromatic amines is 1. The molecule has 3 aromatic rings. The van der Waals surface area contributed by atoms with Crippen LogP contribution >= 0.6 is 0 Å². The maximum absolute atomic E-state index is 12.3. The van der Waals surface area contributed by atoms with Crippen LogP contribution in [0, 0.1) is 5.92 Å². The second-order valence-corrected chi connectivity index (χ2v) is 7.27. The van der Waals surface area contributed by atoms with Gasteiger partial charge in [-0.15, -0.1) is 0 Å². The fourth-order valence-corrected chi connectivity index (χ4v) is 3.37. The van der Waals surface area contributed by atoms with Gasteiger partial charge in [0.1, 0.15) is 12.4 Å². The number of benzene rings is 2. The standard InChI is InChI=1S/C22H21NO5/c1-22(2)27-20(24)16(21(25)28-22)11-15-12-23-17-9-6-10-18(19(15)17)26-13-14-7-4-3-5-8-14/h3-10,12,16,23H,11,13H2,1-2H3. The van der Waals surface area contributed by atoms with Crippen LogP contribution in [-0.2, 0) is 32.1 Å². The molecule has 1 saturated heterocycles. The van der Waals surface area contributed by atoms with E-state index in [0.29, 0.717) is 12.4 Å². The maximum atomic E-state index is 12.3. The third-order valence-electron chi connectivity index (χ3n) is 4.67. The summed E-state index contributed by atoms with van der Waals surface area (Å²) in [6.07, 6.45) is 1.97. The van der Waals surface area contributed by atoms with Gasteiger partial charge in [0.2, 0.25) is 0 Å². The number of cyclic esters (lactones) is 2. The molecule has 0 aliphatic carbocycles. The molecule has 4 rings (SSSR count). The van der Waals surface area contributed by atoms with Crippen LogP contribution in [0.15, 0.2) is 54.7 Å². The molecule has 1 fully saturated rings. The lowest BCUT2D eigenvalue weighted by Gasteiger charge is -2.32. The molecule has 1 N–H and O–H groups in total. The number of hydrogen-bond donors (Lipinski definition) is 1. The lowest BCUT2D eigenvalue weighted by molar-refractivity contribution is -0.239. The smallest absolute Gasteiger partial charge is 0.323 e. The molecule has 1 aliphatic heterocycles. The van der Waals surface area contributed by atoms with E-state index in [4.69, 9.17) is 14.2 Å². The summed E-state index contributed by atoms with van der Waals surface area (Å²) < 4.78 is 16.5. The van der Waals surface area contributed by atoms with Gasteiger partial charge in [0.15, 0.2) is 5.92 Å². The van der Waals surface area contributed by atoms with Gasteiger partial charge in [-0.2, -0.15) is 0 Å². The summed E-state index contributed by atoms with van der Waals surface area (Å²) in [5.74, 6) is -2.67. The third kappa shape index (κ3) is 3.58.